The van der Waals surface area contributed by atoms with Crippen molar-refractivity contribution >= 4 is 15.9 Å². The van der Waals surface area contributed by atoms with Crippen molar-refractivity contribution in [3.63, 3.8) is 0 Å². The van der Waals surface area contributed by atoms with Gasteiger partial charge in [-0.2, -0.15) is 0 Å². The first-order chi connectivity index (χ1) is 9.51. The Labute approximate surface area is 117 Å². The molecule has 0 atom stereocenters. The summed E-state index contributed by atoms with van der Waals surface area (Å²) in [6.07, 6.45) is 0.692. The van der Waals surface area contributed by atoms with Crippen molar-refractivity contribution in [3.05, 3.63) is 11.8 Å². The van der Waals surface area contributed by atoms with E-state index in [2.05, 4.69) is 10.5 Å². The predicted octanol–water partition coefficient (Wildman–Crippen LogP) is -0.623. The lowest BCUT2D eigenvalue weighted by atomic mass is 10.3. The van der Waals surface area contributed by atoms with Gasteiger partial charge in [0.1, 0.15) is 5.76 Å². The number of hydrogen-bond donors (Lipinski definition) is 1. The van der Waals surface area contributed by atoms with Crippen LogP contribution in [0.4, 0.5) is 0 Å². The van der Waals surface area contributed by atoms with Crippen LogP contribution < -0.4 is 10.1 Å². The summed E-state index contributed by atoms with van der Waals surface area (Å²) in [4.78, 5) is 11.6. The zero-order chi connectivity index (χ0) is 14.6. The molecule has 2 rings (SSSR count). The molecular weight excluding hydrogens is 286 g/mol. The Bertz CT molecular complexity index is 568. The average Bonchev–Trinajstić information content (AvgIpc) is 2.96. The normalized spacial score (nSPS) is 18.1. The standard InChI is InChI=1S/C11H17N3O5S/c1-18-11-8-9(19-13-11)7-10(15)12-3-5-14-4-2-6-20(14,16)17/h8H,2-7H2,1H3,(H,12,15). The van der Waals surface area contributed by atoms with E-state index in [1.807, 2.05) is 0 Å². The van der Waals surface area contributed by atoms with Crippen LogP contribution in [0.1, 0.15) is 12.2 Å². The number of carbonyl (C=O) groups excluding carboxylic acids is 1. The molecule has 1 aromatic heterocycles. The van der Waals surface area contributed by atoms with Crippen LogP contribution in [0.25, 0.3) is 0 Å². The second-order valence-corrected chi connectivity index (χ2v) is 6.52. The van der Waals surface area contributed by atoms with E-state index in [-0.39, 0.29) is 24.6 Å². The summed E-state index contributed by atoms with van der Waals surface area (Å²) < 4.78 is 34.2. The second kappa shape index (κ2) is 6.23. The van der Waals surface area contributed by atoms with Gasteiger partial charge < -0.3 is 14.6 Å². The van der Waals surface area contributed by atoms with Gasteiger partial charge in [-0.15, -0.1) is 0 Å². The number of rotatable bonds is 6. The van der Waals surface area contributed by atoms with Crippen molar-refractivity contribution < 1.29 is 22.5 Å². The molecule has 1 N–H and O–H groups in total. The van der Waals surface area contributed by atoms with Gasteiger partial charge in [0.15, 0.2) is 0 Å². The van der Waals surface area contributed by atoms with E-state index in [4.69, 9.17) is 9.26 Å². The van der Waals surface area contributed by atoms with Gasteiger partial charge in [0.05, 0.1) is 19.3 Å². The van der Waals surface area contributed by atoms with E-state index >= 15 is 0 Å². The molecule has 20 heavy (non-hydrogen) atoms. The third-order valence-electron chi connectivity index (χ3n) is 2.97. The minimum Gasteiger partial charge on any atom is -0.479 e. The molecule has 0 radical (unpaired) electrons. The lowest BCUT2D eigenvalue weighted by molar-refractivity contribution is -0.120. The largest absolute Gasteiger partial charge is 0.479 e. The fraction of sp³-hybridized carbons (Fsp3) is 0.636. The summed E-state index contributed by atoms with van der Waals surface area (Å²) in [7, 11) is -1.65. The number of aromatic nitrogens is 1. The van der Waals surface area contributed by atoms with Gasteiger partial charge in [0.2, 0.25) is 15.9 Å². The molecule has 1 aromatic rings. The molecule has 0 bridgehead atoms. The highest BCUT2D eigenvalue weighted by molar-refractivity contribution is 7.89. The van der Waals surface area contributed by atoms with Gasteiger partial charge in [-0.25, -0.2) is 12.7 Å². The number of amides is 1. The first-order valence-electron chi connectivity index (χ1n) is 6.25. The zero-order valence-corrected chi connectivity index (χ0v) is 12.0. The topological polar surface area (TPSA) is 102 Å². The van der Waals surface area contributed by atoms with Gasteiger partial charge in [-0.1, -0.05) is 0 Å². The van der Waals surface area contributed by atoms with Crippen molar-refractivity contribution in [2.24, 2.45) is 0 Å². The van der Waals surface area contributed by atoms with E-state index in [0.29, 0.717) is 31.2 Å². The minimum absolute atomic E-state index is 0.0448. The maximum atomic E-state index is 11.6. The Morgan fingerprint density at radius 2 is 2.40 bits per heavy atom. The van der Waals surface area contributed by atoms with Crippen LogP contribution in [0, 0.1) is 0 Å². The summed E-state index contributed by atoms with van der Waals surface area (Å²) >= 11 is 0. The fourth-order valence-corrected chi connectivity index (χ4v) is 3.49. The molecule has 1 amide bonds. The minimum atomic E-state index is -3.11. The van der Waals surface area contributed by atoms with Gasteiger partial charge in [-0.3, -0.25) is 4.79 Å². The highest BCUT2D eigenvalue weighted by Gasteiger charge is 2.27. The van der Waals surface area contributed by atoms with Crippen molar-refractivity contribution in [1.82, 2.24) is 14.8 Å². The van der Waals surface area contributed by atoms with Crippen molar-refractivity contribution in [2.45, 2.75) is 12.8 Å². The van der Waals surface area contributed by atoms with E-state index in [9.17, 15) is 13.2 Å². The zero-order valence-electron chi connectivity index (χ0n) is 11.2. The molecule has 2 heterocycles. The van der Waals surface area contributed by atoms with Gasteiger partial charge >= 0.3 is 0 Å². The number of ether oxygens (including phenoxy) is 1. The smallest absolute Gasteiger partial charge is 0.254 e. The third-order valence-corrected chi connectivity index (χ3v) is 4.92. The van der Waals surface area contributed by atoms with Crippen LogP contribution >= 0.6 is 0 Å². The lowest BCUT2D eigenvalue weighted by Crippen LogP contribution is -2.36. The van der Waals surface area contributed by atoms with E-state index in [1.54, 1.807) is 0 Å². The van der Waals surface area contributed by atoms with E-state index in [1.165, 1.54) is 17.5 Å². The first kappa shape index (κ1) is 14.8. The number of methoxy groups -OCH3 is 1. The number of sulfonamides is 1. The van der Waals surface area contributed by atoms with Crippen molar-refractivity contribution in [3.8, 4) is 5.88 Å². The molecule has 0 aromatic carbocycles. The van der Waals surface area contributed by atoms with E-state index < -0.39 is 10.0 Å². The summed E-state index contributed by atoms with van der Waals surface area (Å²) in [6.45, 7) is 1.11. The van der Waals surface area contributed by atoms with Gasteiger partial charge in [0, 0.05) is 25.7 Å². The first-order valence-corrected chi connectivity index (χ1v) is 7.86. The van der Waals surface area contributed by atoms with Crippen LogP contribution in [0.15, 0.2) is 10.6 Å². The molecule has 0 spiro atoms. The fourth-order valence-electron chi connectivity index (χ4n) is 1.96. The number of hydrogen-bond acceptors (Lipinski definition) is 6. The molecule has 0 saturated carbocycles. The SMILES string of the molecule is COc1cc(CC(=O)NCCN2CCCS2(=O)=O)on1. The summed E-state index contributed by atoms with van der Waals surface area (Å²) in [6, 6.07) is 1.53. The van der Waals surface area contributed by atoms with Gasteiger partial charge in [0.25, 0.3) is 5.88 Å². The highest BCUT2D eigenvalue weighted by Crippen LogP contribution is 2.12. The highest BCUT2D eigenvalue weighted by atomic mass is 32.2. The molecule has 1 aliphatic heterocycles. The Kier molecular flexibility index (Phi) is 4.61. The van der Waals surface area contributed by atoms with Crippen LogP contribution in [0.3, 0.4) is 0 Å². The number of nitrogens with zero attached hydrogens (tertiary/aromatic N) is 2. The summed E-state index contributed by atoms with van der Waals surface area (Å²) in [5.41, 5.74) is 0. The van der Waals surface area contributed by atoms with Crippen molar-refractivity contribution in [2.75, 3.05) is 32.5 Å². The second-order valence-electron chi connectivity index (χ2n) is 4.43. The molecule has 1 saturated heterocycles. The summed E-state index contributed by atoms with van der Waals surface area (Å²) in [5, 5.41) is 6.23. The Morgan fingerprint density at radius 1 is 1.60 bits per heavy atom. The Hall–Kier alpha value is -1.61. The molecule has 8 nitrogen and oxygen atoms in total. The van der Waals surface area contributed by atoms with Crippen LogP contribution in [-0.2, 0) is 21.2 Å². The molecule has 9 heteroatoms. The molecule has 112 valence electrons. The number of carbonyl (C=O) groups is 1. The Balaban J connectivity index is 1.73. The van der Waals surface area contributed by atoms with Crippen LogP contribution in [0.5, 0.6) is 5.88 Å². The van der Waals surface area contributed by atoms with Crippen molar-refractivity contribution in [1.29, 1.82) is 0 Å². The van der Waals surface area contributed by atoms with Gasteiger partial charge in [-0.05, 0) is 11.6 Å². The average molecular weight is 303 g/mol. The quantitative estimate of drug-likeness (QED) is 0.751. The molecule has 0 unspecified atom stereocenters. The van der Waals surface area contributed by atoms with Crippen LogP contribution in [-0.4, -0.2) is 56.3 Å². The van der Waals surface area contributed by atoms with Crippen LogP contribution in [0.2, 0.25) is 0 Å². The molecular formula is C11H17N3O5S. The third kappa shape index (κ3) is 3.70. The maximum Gasteiger partial charge on any atom is 0.254 e. The summed E-state index contributed by atoms with van der Waals surface area (Å²) in [5.74, 6) is 0.656. The maximum absolute atomic E-state index is 11.6. The monoisotopic (exact) mass is 303 g/mol. The Morgan fingerprint density at radius 3 is 3.00 bits per heavy atom. The molecule has 1 fully saturated rings. The lowest BCUT2D eigenvalue weighted by Gasteiger charge is -2.14. The number of nitrogens with one attached hydrogen (secondary N) is 1. The predicted molar refractivity (Wildman–Crippen MR) is 69.7 cm³/mol. The van der Waals surface area contributed by atoms with E-state index in [0.717, 1.165) is 0 Å². The molecule has 0 aliphatic carbocycles. The molecule has 1 aliphatic rings.